The molecule has 2 fully saturated rings. The second-order valence-corrected chi connectivity index (χ2v) is 7.59. The summed E-state index contributed by atoms with van der Waals surface area (Å²) in [5.74, 6) is 0.592. The fourth-order valence-electron chi connectivity index (χ4n) is 4.36. The summed E-state index contributed by atoms with van der Waals surface area (Å²) in [6, 6.07) is 6.73. The smallest absolute Gasteiger partial charge is 0.227 e. The normalized spacial score (nSPS) is 21.9. The van der Waals surface area contributed by atoms with Crippen LogP contribution in [0.25, 0.3) is 10.9 Å². The molecule has 0 saturated carbocycles. The van der Waals surface area contributed by atoms with Crippen molar-refractivity contribution in [2.75, 3.05) is 26.2 Å². The predicted octanol–water partition coefficient (Wildman–Crippen LogP) is 3.23. The highest BCUT2D eigenvalue weighted by molar-refractivity contribution is 5.84. The second kappa shape index (κ2) is 6.25. The number of H-pyrrole nitrogens is 1. The lowest BCUT2D eigenvalue weighted by molar-refractivity contribution is -0.134. The molecule has 1 amide bonds. The molecule has 4 rings (SSSR count). The van der Waals surface area contributed by atoms with Crippen LogP contribution in [0.3, 0.4) is 0 Å². The maximum atomic E-state index is 12.6. The van der Waals surface area contributed by atoms with Crippen LogP contribution < -0.4 is 0 Å². The molecule has 1 atom stereocenters. The standard InChI is InChI=1S/C20H27N3O/c1-14-9-15(2)18-11-17(21-19(18)10-14)13-22-8-5-16(12-22)20(24)23-6-3-4-7-23/h9-11,16,21H,3-8,12-13H2,1-2H3. The van der Waals surface area contributed by atoms with E-state index >= 15 is 0 Å². The zero-order valence-corrected chi connectivity index (χ0v) is 14.8. The average molecular weight is 325 g/mol. The number of nitrogens with zero attached hydrogens (tertiary/aromatic N) is 2. The Balaban J connectivity index is 1.43. The van der Waals surface area contributed by atoms with Gasteiger partial charge in [-0.2, -0.15) is 0 Å². The third-order valence-corrected chi connectivity index (χ3v) is 5.58. The highest BCUT2D eigenvalue weighted by atomic mass is 16.2. The number of likely N-dealkylation sites (tertiary alicyclic amines) is 2. The first-order valence-electron chi connectivity index (χ1n) is 9.20. The number of benzene rings is 1. The van der Waals surface area contributed by atoms with Crippen molar-refractivity contribution in [3.05, 3.63) is 35.0 Å². The van der Waals surface area contributed by atoms with Gasteiger partial charge in [-0.3, -0.25) is 9.69 Å². The zero-order chi connectivity index (χ0) is 16.7. The van der Waals surface area contributed by atoms with Crippen molar-refractivity contribution in [3.8, 4) is 0 Å². The van der Waals surface area contributed by atoms with Gasteiger partial charge < -0.3 is 9.88 Å². The van der Waals surface area contributed by atoms with Crippen LogP contribution in [0.15, 0.2) is 18.2 Å². The molecule has 4 heteroatoms. The Hall–Kier alpha value is -1.81. The van der Waals surface area contributed by atoms with Gasteiger partial charge >= 0.3 is 0 Å². The van der Waals surface area contributed by atoms with E-state index in [-0.39, 0.29) is 5.92 Å². The summed E-state index contributed by atoms with van der Waals surface area (Å²) in [5, 5.41) is 1.32. The van der Waals surface area contributed by atoms with Crippen LogP contribution >= 0.6 is 0 Å². The van der Waals surface area contributed by atoms with Gasteiger partial charge in [-0.05, 0) is 62.9 Å². The van der Waals surface area contributed by atoms with E-state index in [0.29, 0.717) is 5.91 Å². The van der Waals surface area contributed by atoms with Crippen molar-refractivity contribution in [1.29, 1.82) is 0 Å². The Labute approximate surface area is 143 Å². The average Bonchev–Trinajstić information content (AvgIpc) is 3.26. The summed E-state index contributed by atoms with van der Waals surface area (Å²) >= 11 is 0. The predicted molar refractivity (Wildman–Crippen MR) is 97.0 cm³/mol. The highest BCUT2D eigenvalue weighted by Gasteiger charge is 2.32. The van der Waals surface area contributed by atoms with Crippen LogP contribution in [0, 0.1) is 19.8 Å². The first kappa shape index (κ1) is 15.7. The van der Waals surface area contributed by atoms with Gasteiger partial charge in [0.1, 0.15) is 0 Å². The minimum Gasteiger partial charge on any atom is -0.357 e. The molecule has 0 spiro atoms. The second-order valence-electron chi connectivity index (χ2n) is 7.59. The molecule has 2 aliphatic heterocycles. The first-order valence-corrected chi connectivity index (χ1v) is 9.20. The van der Waals surface area contributed by atoms with Crippen LogP contribution in [0.5, 0.6) is 0 Å². The SMILES string of the molecule is Cc1cc(C)c2cc(CN3CCC(C(=O)N4CCCC4)C3)[nH]c2c1. The molecule has 0 radical (unpaired) electrons. The number of hydrogen-bond donors (Lipinski definition) is 1. The molecule has 128 valence electrons. The molecule has 1 N–H and O–H groups in total. The van der Waals surface area contributed by atoms with Crippen LogP contribution in [0.2, 0.25) is 0 Å². The fourth-order valence-corrected chi connectivity index (χ4v) is 4.36. The quantitative estimate of drug-likeness (QED) is 0.941. The van der Waals surface area contributed by atoms with E-state index in [1.54, 1.807) is 0 Å². The number of rotatable bonds is 3. The minimum atomic E-state index is 0.205. The van der Waals surface area contributed by atoms with Crippen molar-refractivity contribution >= 4 is 16.8 Å². The van der Waals surface area contributed by atoms with E-state index in [0.717, 1.165) is 39.1 Å². The van der Waals surface area contributed by atoms with Crippen molar-refractivity contribution in [1.82, 2.24) is 14.8 Å². The third kappa shape index (κ3) is 2.95. The number of nitrogens with one attached hydrogen (secondary N) is 1. The fraction of sp³-hybridized carbons (Fsp3) is 0.550. The van der Waals surface area contributed by atoms with E-state index < -0.39 is 0 Å². The lowest BCUT2D eigenvalue weighted by atomic mass is 10.1. The van der Waals surface area contributed by atoms with Gasteiger partial charge in [-0.1, -0.05) is 6.07 Å². The highest BCUT2D eigenvalue weighted by Crippen LogP contribution is 2.25. The number of fused-ring (bicyclic) bond motifs is 1. The third-order valence-electron chi connectivity index (χ3n) is 5.58. The monoisotopic (exact) mass is 325 g/mol. The van der Waals surface area contributed by atoms with E-state index in [1.807, 2.05) is 0 Å². The Morgan fingerprint density at radius 2 is 1.96 bits per heavy atom. The number of aryl methyl sites for hydroxylation is 2. The number of hydrogen-bond acceptors (Lipinski definition) is 2. The molecule has 2 aromatic rings. The van der Waals surface area contributed by atoms with Gasteiger partial charge in [0.15, 0.2) is 0 Å². The van der Waals surface area contributed by atoms with Crippen molar-refractivity contribution in [2.24, 2.45) is 5.92 Å². The van der Waals surface area contributed by atoms with Gasteiger partial charge in [0.05, 0.1) is 5.92 Å². The minimum absolute atomic E-state index is 0.205. The van der Waals surface area contributed by atoms with Crippen LogP contribution in [0.4, 0.5) is 0 Å². The summed E-state index contributed by atoms with van der Waals surface area (Å²) in [5.41, 5.74) is 5.11. The van der Waals surface area contributed by atoms with Crippen molar-refractivity contribution in [3.63, 3.8) is 0 Å². The largest absolute Gasteiger partial charge is 0.357 e. The Morgan fingerprint density at radius 1 is 1.17 bits per heavy atom. The summed E-state index contributed by atoms with van der Waals surface area (Å²) in [6.45, 7) is 9.10. The lowest BCUT2D eigenvalue weighted by Crippen LogP contribution is -2.35. The zero-order valence-electron chi connectivity index (χ0n) is 14.8. The molecule has 3 heterocycles. The number of aromatic amines is 1. The van der Waals surface area contributed by atoms with Crippen molar-refractivity contribution in [2.45, 2.75) is 39.7 Å². The summed E-state index contributed by atoms with van der Waals surface area (Å²) in [7, 11) is 0. The number of aromatic nitrogens is 1. The lowest BCUT2D eigenvalue weighted by Gasteiger charge is -2.20. The van der Waals surface area contributed by atoms with Gasteiger partial charge in [0, 0.05) is 42.8 Å². The molecule has 4 nitrogen and oxygen atoms in total. The maximum absolute atomic E-state index is 12.6. The molecular formula is C20H27N3O. The summed E-state index contributed by atoms with van der Waals surface area (Å²) in [6.07, 6.45) is 3.36. The van der Waals surface area contributed by atoms with Gasteiger partial charge in [-0.15, -0.1) is 0 Å². The molecule has 24 heavy (non-hydrogen) atoms. The molecule has 1 unspecified atom stereocenters. The Morgan fingerprint density at radius 3 is 2.75 bits per heavy atom. The van der Waals surface area contributed by atoms with Crippen LogP contribution in [-0.2, 0) is 11.3 Å². The topological polar surface area (TPSA) is 39.3 Å². The van der Waals surface area contributed by atoms with Gasteiger partial charge in [0.2, 0.25) is 5.91 Å². The molecule has 1 aromatic carbocycles. The summed E-state index contributed by atoms with van der Waals surface area (Å²) < 4.78 is 0. The maximum Gasteiger partial charge on any atom is 0.227 e. The number of carbonyl (C=O) groups excluding carboxylic acids is 1. The number of amides is 1. The van der Waals surface area contributed by atoms with Crippen LogP contribution in [-0.4, -0.2) is 46.9 Å². The molecule has 1 aromatic heterocycles. The van der Waals surface area contributed by atoms with E-state index in [9.17, 15) is 4.79 Å². The van der Waals surface area contributed by atoms with Crippen molar-refractivity contribution < 1.29 is 4.79 Å². The van der Waals surface area contributed by atoms with Crippen LogP contribution in [0.1, 0.15) is 36.1 Å². The first-order chi connectivity index (χ1) is 11.6. The van der Waals surface area contributed by atoms with Gasteiger partial charge in [0.25, 0.3) is 0 Å². The summed E-state index contributed by atoms with van der Waals surface area (Å²) in [4.78, 5) is 20.6. The van der Waals surface area contributed by atoms with E-state index in [2.05, 4.69) is 46.8 Å². The molecular weight excluding hydrogens is 298 g/mol. The molecule has 2 aliphatic rings. The Kier molecular flexibility index (Phi) is 4.09. The Bertz CT molecular complexity index is 758. The van der Waals surface area contributed by atoms with E-state index in [4.69, 9.17) is 0 Å². The van der Waals surface area contributed by atoms with E-state index in [1.165, 1.54) is 40.6 Å². The van der Waals surface area contributed by atoms with Gasteiger partial charge in [-0.25, -0.2) is 0 Å². The molecule has 2 saturated heterocycles. The molecule has 0 aliphatic carbocycles. The molecule has 0 bridgehead atoms. The number of carbonyl (C=O) groups is 1.